The zero-order valence-electron chi connectivity index (χ0n) is 27.5. The second kappa shape index (κ2) is 14.6. The van der Waals surface area contributed by atoms with E-state index < -0.39 is 0 Å². The number of rotatable bonds is 10. The van der Waals surface area contributed by atoms with Crippen molar-refractivity contribution in [3.63, 3.8) is 0 Å². The first-order valence-corrected chi connectivity index (χ1v) is 16.8. The van der Waals surface area contributed by atoms with Crippen molar-refractivity contribution >= 4 is 18.1 Å². The van der Waals surface area contributed by atoms with Gasteiger partial charge in [0.15, 0.2) is 5.88 Å². The SMILES string of the molecule is C=C(OC1CCOC1)N1CCN([C@H]2c3ccc(C)cc3C(C(NC=O)c3cncn3C)=Cc3cccnc32)CC1.CCCC1CC1. The van der Waals surface area contributed by atoms with Crippen molar-refractivity contribution in [1.82, 2.24) is 29.7 Å². The maximum atomic E-state index is 11.9. The summed E-state index contributed by atoms with van der Waals surface area (Å²) in [7, 11) is 1.95. The lowest BCUT2D eigenvalue weighted by atomic mass is 9.88. The second-order valence-electron chi connectivity index (χ2n) is 13.0. The molecule has 1 saturated carbocycles. The van der Waals surface area contributed by atoms with E-state index in [2.05, 4.69) is 70.9 Å². The van der Waals surface area contributed by atoms with Crippen LogP contribution in [0.15, 0.2) is 61.5 Å². The standard InChI is InChI=1S/C31H36N6O3.C6H12/c1-21-6-7-25-26(15-21)27(30(34-20-38)28-17-32-19-35(28)3)16-23-5-4-9-33-29(23)31(25)37-12-10-36(11-13-37)22(2)40-24-8-14-39-18-24;1-2-3-6-4-5-6/h4-7,9,15-17,19-20,24,30-31H,2,8,10-14,18H2,1,3H3,(H,34,38);6H,2-5H2,1H3/t24?,30?,31-;/m0./s1. The Balaban J connectivity index is 0.000000557. The van der Waals surface area contributed by atoms with Crippen molar-refractivity contribution in [3.8, 4) is 0 Å². The molecule has 244 valence electrons. The summed E-state index contributed by atoms with van der Waals surface area (Å²) in [6.07, 6.45) is 15.3. The minimum absolute atomic E-state index is 0.0384. The molecule has 3 atom stereocenters. The number of carbonyl (C=O) groups is 1. The van der Waals surface area contributed by atoms with Gasteiger partial charge in [-0.15, -0.1) is 0 Å². The maximum Gasteiger partial charge on any atom is 0.207 e. The highest BCUT2D eigenvalue weighted by atomic mass is 16.6. The molecule has 2 aliphatic carbocycles. The van der Waals surface area contributed by atoms with Crippen LogP contribution in [0.5, 0.6) is 0 Å². The molecule has 0 bridgehead atoms. The summed E-state index contributed by atoms with van der Waals surface area (Å²) in [5.74, 6) is 1.88. The van der Waals surface area contributed by atoms with Crippen LogP contribution < -0.4 is 5.32 Å². The fourth-order valence-corrected chi connectivity index (χ4v) is 6.91. The first-order valence-electron chi connectivity index (χ1n) is 16.8. The van der Waals surface area contributed by atoms with E-state index in [0.29, 0.717) is 6.61 Å². The fourth-order valence-electron chi connectivity index (χ4n) is 6.91. The molecular weight excluding hydrogens is 576 g/mol. The molecule has 3 fully saturated rings. The van der Waals surface area contributed by atoms with Crippen molar-refractivity contribution in [2.75, 3.05) is 39.4 Å². The molecular formula is C37H48N6O3. The molecule has 4 heterocycles. The van der Waals surface area contributed by atoms with E-state index >= 15 is 0 Å². The molecule has 9 heteroatoms. The summed E-state index contributed by atoms with van der Waals surface area (Å²) in [5.41, 5.74) is 7.45. The molecule has 0 spiro atoms. The molecule has 1 amide bonds. The summed E-state index contributed by atoms with van der Waals surface area (Å²) in [4.78, 5) is 25.9. The van der Waals surface area contributed by atoms with Crippen LogP contribution in [-0.4, -0.2) is 76.2 Å². The lowest BCUT2D eigenvalue weighted by Gasteiger charge is -2.41. The Bertz CT molecular complexity index is 1530. The lowest BCUT2D eigenvalue weighted by molar-refractivity contribution is -0.109. The normalized spacial score (nSPS) is 21.5. The van der Waals surface area contributed by atoms with Gasteiger partial charge in [0.05, 0.1) is 49.2 Å². The Hall–Kier alpha value is -3.95. The van der Waals surface area contributed by atoms with E-state index in [-0.39, 0.29) is 18.2 Å². The number of pyridine rings is 1. The topological polar surface area (TPSA) is 84.8 Å². The molecule has 1 N–H and O–H groups in total. The Labute approximate surface area is 273 Å². The number of ether oxygens (including phenoxy) is 2. The van der Waals surface area contributed by atoms with Gasteiger partial charge in [-0.3, -0.25) is 14.7 Å². The number of nitrogens with one attached hydrogen (secondary N) is 1. The quantitative estimate of drug-likeness (QED) is 0.231. The number of hydrogen-bond acceptors (Lipinski definition) is 7. The van der Waals surface area contributed by atoms with Crippen molar-refractivity contribution in [1.29, 1.82) is 0 Å². The van der Waals surface area contributed by atoms with Crippen LogP contribution in [0.25, 0.3) is 11.6 Å². The van der Waals surface area contributed by atoms with Crippen LogP contribution in [0.2, 0.25) is 0 Å². The van der Waals surface area contributed by atoms with E-state index in [9.17, 15) is 4.79 Å². The zero-order valence-corrected chi connectivity index (χ0v) is 27.5. The summed E-state index contributed by atoms with van der Waals surface area (Å²) in [5, 5.41) is 3.07. The number of aryl methyl sites for hydroxylation is 2. The number of fused-ring (bicyclic) bond motifs is 2. The van der Waals surface area contributed by atoms with Gasteiger partial charge < -0.3 is 24.3 Å². The van der Waals surface area contributed by atoms with Gasteiger partial charge in [0.2, 0.25) is 6.41 Å². The molecule has 3 aromatic rings. The number of aromatic nitrogens is 3. The predicted octanol–water partition coefficient (Wildman–Crippen LogP) is 5.65. The lowest BCUT2D eigenvalue weighted by Crippen LogP contribution is -2.48. The van der Waals surface area contributed by atoms with Crippen LogP contribution >= 0.6 is 0 Å². The molecule has 2 saturated heterocycles. The monoisotopic (exact) mass is 624 g/mol. The number of imidazole rings is 1. The summed E-state index contributed by atoms with van der Waals surface area (Å²) >= 11 is 0. The Morgan fingerprint density at radius 2 is 2.02 bits per heavy atom. The number of hydrogen-bond donors (Lipinski definition) is 1. The summed E-state index contributed by atoms with van der Waals surface area (Å²) in [6, 6.07) is 10.3. The molecule has 1 aromatic carbocycles. The molecule has 7 rings (SSSR count). The molecule has 9 nitrogen and oxygen atoms in total. The van der Waals surface area contributed by atoms with Gasteiger partial charge in [-0.25, -0.2) is 4.98 Å². The fraction of sp³-hybridized carbons (Fsp3) is 0.486. The maximum absolute atomic E-state index is 11.9. The first-order chi connectivity index (χ1) is 22.5. The van der Waals surface area contributed by atoms with Gasteiger partial charge in [-0.05, 0) is 53.8 Å². The number of nitrogens with zero attached hydrogens (tertiary/aromatic N) is 5. The van der Waals surface area contributed by atoms with Crippen LogP contribution in [0.4, 0.5) is 0 Å². The van der Waals surface area contributed by atoms with Crippen molar-refractivity contribution in [3.05, 3.63) is 95.2 Å². The van der Waals surface area contributed by atoms with E-state index in [0.717, 1.165) is 91.1 Å². The number of carbonyl (C=O) groups excluding carboxylic acids is 1. The summed E-state index contributed by atoms with van der Waals surface area (Å²) in [6.45, 7) is 13.3. The van der Waals surface area contributed by atoms with Crippen molar-refractivity contribution in [2.24, 2.45) is 13.0 Å². The Kier molecular flexibility index (Phi) is 10.2. The first kappa shape index (κ1) is 32.0. The molecule has 0 radical (unpaired) electrons. The molecule has 2 aliphatic heterocycles. The molecule has 2 unspecified atom stereocenters. The highest BCUT2D eigenvalue weighted by molar-refractivity contribution is 5.89. The molecule has 4 aliphatic rings. The van der Waals surface area contributed by atoms with Crippen LogP contribution in [0, 0.1) is 12.8 Å². The molecule has 46 heavy (non-hydrogen) atoms. The third-order valence-electron chi connectivity index (χ3n) is 9.57. The average Bonchev–Trinajstić information content (AvgIpc) is 3.59. The van der Waals surface area contributed by atoms with Gasteiger partial charge >= 0.3 is 0 Å². The van der Waals surface area contributed by atoms with Crippen LogP contribution in [0.1, 0.15) is 84.8 Å². The van der Waals surface area contributed by atoms with E-state index in [4.69, 9.17) is 14.5 Å². The Morgan fingerprint density at radius 3 is 2.67 bits per heavy atom. The smallest absolute Gasteiger partial charge is 0.207 e. The third kappa shape index (κ3) is 7.21. The minimum atomic E-state index is -0.366. The van der Waals surface area contributed by atoms with Crippen LogP contribution in [0.3, 0.4) is 0 Å². The minimum Gasteiger partial charge on any atom is -0.474 e. The van der Waals surface area contributed by atoms with Gasteiger partial charge in [0.1, 0.15) is 6.10 Å². The van der Waals surface area contributed by atoms with Crippen LogP contribution in [-0.2, 0) is 21.3 Å². The second-order valence-corrected chi connectivity index (χ2v) is 13.0. The number of benzene rings is 1. The van der Waals surface area contributed by atoms with E-state index in [1.807, 2.05) is 30.1 Å². The van der Waals surface area contributed by atoms with Gasteiger partial charge in [-0.2, -0.15) is 0 Å². The zero-order chi connectivity index (χ0) is 32.0. The Morgan fingerprint density at radius 1 is 1.20 bits per heavy atom. The third-order valence-corrected chi connectivity index (χ3v) is 9.57. The molecule has 2 aromatic heterocycles. The summed E-state index contributed by atoms with van der Waals surface area (Å²) < 4.78 is 13.5. The highest BCUT2D eigenvalue weighted by Gasteiger charge is 2.35. The van der Waals surface area contributed by atoms with Gasteiger partial charge in [-0.1, -0.05) is 62.4 Å². The van der Waals surface area contributed by atoms with Gasteiger partial charge in [0.25, 0.3) is 0 Å². The predicted molar refractivity (Wildman–Crippen MR) is 181 cm³/mol. The van der Waals surface area contributed by atoms with Gasteiger partial charge in [0, 0.05) is 45.8 Å². The van der Waals surface area contributed by atoms with E-state index in [1.54, 1.807) is 6.33 Å². The average molecular weight is 625 g/mol. The number of amides is 1. The largest absolute Gasteiger partial charge is 0.474 e. The van der Waals surface area contributed by atoms with Crippen molar-refractivity contribution < 1.29 is 14.3 Å². The van der Waals surface area contributed by atoms with Crippen molar-refractivity contribution in [2.45, 2.75) is 64.1 Å². The highest BCUT2D eigenvalue weighted by Crippen LogP contribution is 2.43. The van der Waals surface area contributed by atoms with E-state index in [1.165, 1.54) is 31.2 Å². The number of piperazine rings is 1.